The zero-order chi connectivity index (χ0) is 46.5. The Hall–Kier alpha value is -1.21. The van der Waals surface area contributed by atoms with E-state index in [2.05, 4.69) is 39.8 Å². The van der Waals surface area contributed by atoms with E-state index >= 15 is 0 Å². The standard InChI is InChI=1S/2C28H44O3S.Ba/c2*1-3-5-7-9-11-13-15-21-26-25-20-18-17-19-24(25)23-28(32(29,30)31)27(26)22-16-14-12-10-8-6-4-2;/h2*17-20,23H,3-16,21-22H2,1-2H3,(H,29,30,31);/q;;+2/p-2. The molecule has 4 aromatic carbocycles. The first-order valence-electron chi connectivity index (χ1n) is 26.0. The van der Waals surface area contributed by atoms with Crippen LogP contribution in [-0.4, -0.2) is 74.8 Å². The van der Waals surface area contributed by atoms with Crippen molar-refractivity contribution < 1.29 is 25.9 Å². The molecule has 6 nitrogen and oxygen atoms in total. The minimum atomic E-state index is -4.50. The number of hydrogen-bond acceptors (Lipinski definition) is 6. The van der Waals surface area contributed by atoms with Gasteiger partial charge in [-0.25, -0.2) is 16.8 Å². The maximum absolute atomic E-state index is 12.2. The molecule has 0 N–H and O–H groups in total. The number of rotatable bonds is 34. The number of benzene rings is 4. The van der Waals surface area contributed by atoms with Gasteiger partial charge in [0, 0.05) is 0 Å². The van der Waals surface area contributed by atoms with E-state index in [0.717, 1.165) is 108 Å². The van der Waals surface area contributed by atoms with Gasteiger partial charge in [0.05, 0.1) is 9.79 Å². The molecule has 0 aliphatic carbocycles. The molecule has 4 aromatic rings. The summed E-state index contributed by atoms with van der Waals surface area (Å²) in [6, 6.07) is 19.1. The Morgan fingerprint density at radius 1 is 0.338 bits per heavy atom. The summed E-state index contributed by atoms with van der Waals surface area (Å²) in [5.74, 6) is 0. The molecule has 0 aliphatic heterocycles. The molecular weight excluding hydrogens is 970 g/mol. The van der Waals surface area contributed by atoms with Gasteiger partial charge in [-0.2, -0.15) is 0 Å². The predicted octanol–water partition coefficient (Wildman–Crippen LogP) is 16.3. The summed E-state index contributed by atoms with van der Waals surface area (Å²) in [4.78, 5) is 0.0280. The fourth-order valence-electron chi connectivity index (χ4n) is 9.48. The van der Waals surface area contributed by atoms with Gasteiger partial charge in [0.25, 0.3) is 0 Å². The Kier molecular flexibility index (Phi) is 32.2. The van der Waals surface area contributed by atoms with Gasteiger partial charge in [0.1, 0.15) is 20.2 Å². The molecule has 0 aliphatic rings. The quantitative estimate of drug-likeness (QED) is 0.0261. The SMILES string of the molecule is CCCCCCCCCc1c(S(=O)(=O)[O-])cc2ccccc2c1CCCCCCCCC.CCCCCCCCCc1c(S(=O)(=O)[O-])cc2ccccc2c1CCCCCCCCC.[Ba+2]. The topological polar surface area (TPSA) is 114 Å². The Bertz CT molecular complexity index is 1960. The molecule has 0 amide bonds. The van der Waals surface area contributed by atoms with Crippen LogP contribution in [0.4, 0.5) is 0 Å². The summed E-state index contributed by atoms with van der Waals surface area (Å²) >= 11 is 0. The van der Waals surface area contributed by atoms with Crippen molar-refractivity contribution in [3.05, 3.63) is 82.9 Å². The molecule has 0 fully saturated rings. The summed E-state index contributed by atoms with van der Waals surface area (Å²) in [6.45, 7) is 8.90. The van der Waals surface area contributed by atoms with Gasteiger partial charge < -0.3 is 9.11 Å². The van der Waals surface area contributed by atoms with E-state index in [1.807, 2.05) is 36.4 Å². The smallest absolute Gasteiger partial charge is 0.744 e. The van der Waals surface area contributed by atoms with E-state index in [0.29, 0.717) is 12.8 Å². The van der Waals surface area contributed by atoms with E-state index in [9.17, 15) is 25.9 Å². The molecule has 9 heteroatoms. The minimum Gasteiger partial charge on any atom is -0.744 e. The van der Waals surface area contributed by atoms with Crippen LogP contribution in [0.5, 0.6) is 0 Å². The van der Waals surface area contributed by atoms with E-state index in [1.165, 1.54) is 128 Å². The number of fused-ring (bicyclic) bond motifs is 2. The van der Waals surface area contributed by atoms with Crippen LogP contribution in [0, 0.1) is 0 Å². The summed E-state index contributed by atoms with van der Waals surface area (Å²) in [6.07, 6.45) is 36.7. The van der Waals surface area contributed by atoms with Gasteiger partial charge in [-0.15, -0.1) is 0 Å². The van der Waals surface area contributed by atoms with Crippen molar-refractivity contribution in [2.24, 2.45) is 0 Å². The molecule has 0 radical (unpaired) electrons. The predicted molar refractivity (Wildman–Crippen MR) is 276 cm³/mol. The average Bonchev–Trinajstić information content (AvgIpc) is 3.27. The largest absolute Gasteiger partial charge is 2.00 e. The molecule has 360 valence electrons. The zero-order valence-corrected chi connectivity index (χ0v) is 47.4. The first-order chi connectivity index (χ1) is 31.0. The molecule has 0 atom stereocenters. The van der Waals surface area contributed by atoms with Crippen LogP contribution in [0.3, 0.4) is 0 Å². The van der Waals surface area contributed by atoms with Gasteiger partial charge >= 0.3 is 48.9 Å². The summed E-state index contributed by atoms with van der Waals surface area (Å²) in [5, 5.41) is 3.96. The third-order valence-corrected chi connectivity index (χ3v) is 14.9. The van der Waals surface area contributed by atoms with Crippen molar-refractivity contribution in [3.8, 4) is 0 Å². The van der Waals surface area contributed by atoms with Crippen LogP contribution in [0.15, 0.2) is 70.5 Å². The second-order valence-corrected chi connectivity index (χ2v) is 21.2. The van der Waals surface area contributed by atoms with Crippen LogP contribution >= 0.6 is 0 Å². The Morgan fingerprint density at radius 2 is 0.569 bits per heavy atom. The number of hydrogen-bond donors (Lipinski definition) is 0. The van der Waals surface area contributed by atoms with Crippen molar-refractivity contribution in [2.45, 2.75) is 243 Å². The molecular formula is C56H86BaO6S2. The summed E-state index contributed by atoms with van der Waals surface area (Å²) in [5.41, 5.74) is 3.77. The third kappa shape index (κ3) is 22.8. The zero-order valence-electron chi connectivity index (χ0n) is 41.4. The van der Waals surface area contributed by atoms with Crippen molar-refractivity contribution >= 4 is 90.7 Å². The first kappa shape index (κ1) is 59.9. The normalized spacial score (nSPS) is 11.8. The Labute approximate surface area is 438 Å². The molecule has 0 heterocycles. The van der Waals surface area contributed by atoms with Gasteiger partial charge in [0.15, 0.2) is 0 Å². The van der Waals surface area contributed by atoms with Crippen molar-refractivity contribution in [3.63, 3.8) is 0 Å². The second-order valence-electron chi connectivity index (χ2n) is 18.5. The fourth-order valence-corrected chi connectivity index (χ4v) is 11.1. The van der Waals surface area contributed by atoms with Crippen LogP contribution in [0.1, 0.15) is 230 Å². The molecule has 65 heavy (non-hydrogen) atoms. The second kappa shape index (κ2) is 35.0. The number of aryl methyl sites for hydroxylation is 2. The van der Waals surface area contributed by atoms with Crippen molar-refractivity contribution in [1.29, 1.82) is 0 Å². The van der Waals surface area contributed by atoms with Crippen LogP contribution in [0.2, 0.25) is 0 Å². The van der Waals surface area contributed by atoms with Crippen molar-refractivity contribution in [1.82, 2.24) is 0 Å². The fraction of sp³-hybridized carbons (Fsp3) is 0.643. The molecule has 0 unspecified atom stereocenters. The van der Waals surface area contributed by atoms with Crippen LogP contribution in [-0.2, 0) is 45.9 Å². The maximum Gasteiger partial charge on any atom is 2.00 e. The van der Waals surface area contributed by atoms with E-state index in [4.69, 9.17) is 0 Å². The van der Waals surface area contributed by atoms with Crippen molar-refractivity contribution in [2.75, 3.05) is 0 Å². The van der Waals surface area contributed by atoms with Crippen LogP contribution < -0.4 is 0 Å². The van der Waals surface area contributed by atoms with E-state index in [-0.39, 0.29) is 58.7 Å². The molecule has 0 saturated heterocycles. The maximum atomic E-state index is 12.2. The minimum absolute atomic E-state index is 0. The summed E-state index contributed by atoms with van der Waals surface area (Å²) < 4.78 is 73.1. The van der Waals surface area contributed by atoms with Gasteiger partial charge in [-0.05, 0) is 107 Å². The third-order valence-electron chi connectivity index (χ3n) is 13.1. The van der Waals surface area contributed by atoms with Crippen LogP contribution in [0.25, 0.3) is 21.5 Å². The molecule has 0 spiro atoms. The van der Waals surface area contributed by atoms with E-state index in [1.54, 1.807) is 12.1 Å². The van der Waals surface area contributed by atoms with Gasteiger partial charge in [-0.3, -0.25) is 0 Å². The van der Waals surface area contributed by atoms with Gasteiger partial charge in [-0.1, -0.05) is 230 Å². The van der Waals surface area contributed by atoms with Gasteiger partial charge in [0.2, 0.25) is 0 Å². The summed E-state index contributed by atoms with van der Waals surface area (Å²) in [7, 11) is -9.00. The Morgan fingerprint density at radius 3 is 0.831 bits per heavy atom. The average molecular weight is 1060 g/mol. The van der Waals surface area contributed by atoms with E-state index < -0.39 is 20.2 Å². The molecule has 4 rings (SSSR count). The number of unbranched alkanes of at least 4 members (excludes halogenated alkanes) is 24. The Balaban J connectivity index is 0.000000440. The molecule has 0 aromatic heterocycles. The molecule has 0 bridgehead atoms. The molecule has 0 saturated carbocycles. The first-order valence-corrected chi connectivity index (χ1v) is 28.8. The monoisotopic (exact) mass is 1060 g/mol.